The highest BCUT2D eigenvalue weighted by atomic mass is 19.4. The number of hydrogen-bond acceptors (Lipinski definition) is 3. The number of halogens is 3. The Balaban J connectivity index is 1.29. The third-order valence-corrected chi connectivity index (χ3v) is 6.15. The number of nitrogens with zero attached hydrogens (tertiary/aromatic N) is 2. The monoisotopic (exact) mass is 409 g/mol. The minimum Gasteiger partial charge on any atom is -0.353 e. The van der Waals surface area contributed by atoms with Crippen LogP contribution in [0.15, 0.2) is 24.3 Å². The zero-order chi connectivity index (χ0) is 20.6. The van der Waals surface area contributed by atoms with Crippen LogP contribution in [0.1, 0.15) is 43.2 Å². The van der Waals surface area contributed by atoms with E-state index in [9.17, 15) is 22.8 Å². The second-order valence-corrected chi connectivity index (χ2v) is 8.42. The Morgan fingerprint density at radius 3 is 2.52 bits per heavy atom. The number of rotatable bonds is 5. The van der Waals surface area contributed by atoms with Crippen LogP contribution in [0.5, 0.6) is 0 Å². The molecule has 0 bridgehead atoms. The number of nitrogens with one attached hydrogen (secondary N) is 1. The fourth-order valence-electron chi connectivity index (χ4n) is 4.33. The Morgan fingerprint density at radius 1 is 1.14 bits per heavy atom. The fraction of sp³-hybridized carbons (Fsp3) is 0.619. The number of carbonyl (C=O) groups is 2. The third kappa shape index (κ3) is 4.91. The van der Waals surface area contributed by atoms with Gasteiger partial charge in [0.15, 0.2) is 0 Å². The highest BCUT2D eigenvalue weighted by molar-refractivity contribution is 5.89. The summed E-state index contributed by atoms with van der Waals surface area (Å²) in [5.41, 5.74) is -0.310. The Labute approximate surface area is 168 Å². The van der Waals surface area contributed by atoms with E-state index in [-0.39, 0.29) is 37.4 Å². The third-order valence-electron chi connectivity index (χ3n) is 6.15. The molecule has 1 aliphatic carbocycles. The molecule has 2 heterocycles. The fourth-order valence-corrected chi connectivity index (χ4v) is 4.33. The number of benzene rings is 1. The summed E-state index contributed by atoms with van der Waals surface area (Å²) in [7, 11) is 0. The van der Waals surface area contributed by atoms with Crippen LogP contribution in [-0.4, -0.2) is 53.3 Å². The van der Waals surface area contributed by atoms with Gasteiger partial charge in [0, 0.05) is 44.7 Å². The molecule has 8 heteroatoms. The summed E-state index contributed by atoms with van der Waals surface area (Å²) in [6.45, 7) is 2.34. The summed E-state index contributed by atoms with van der Waals surface area (Å²) in [5.74, 6) is -0.740. The van der Waals surface area contributed by atoms with Crippen LogP contribution < -0.4 is 5.32 Å². The van der Waals surface area contributed by atoms with Crippen LogP contribution in [0.4, 0.5) is 13.2 Å². The number of carbonyl (C=O) groups excluding carboxylic acids is 2. The van der Waals surface area contributed by atoms with Crippen molar-refractivity contribution >= 4 is 11.8 Å². The molecule has 3 fully saturated rings. The van der Waals surface area contributed by atoms with Gasteiger partial charge in [0.1, 0.15) is 0 Å². The van der Waals surface area contributed by atoms with Gasteiger partial charge in [-0.2, -0.15) is 13.2 Å². The van der Waals surface area contributed by atoms with Crippen molar-refractivity contribution in [1.29, 1.82) is 0 Å². The van der Waals surface area contributed by atoms with E-state index in [2.05, 4.69) is 10.2 Å². The van der Waals surface area contributed by atoms with E-state index in [4.69, 9.17) is 0 Å². The molecule has 2 amide bonds. The lowest BCUT2D eigenvalue weighted by molar-refractivity contribution is -0.137. The second-order valence-electron chi connectivity index (χ2n) is 8.42. The maximum absolute atomic E-state index is 12.9. The van der Waals surface area contributed by atoms with E-state index < -0.39 is 17.7 Å². The van der Waals surface area contributed by atoms with Gasteiger partial charge in [-0.25, -0.2) is 0 Å². The van der Waals surface area contributed by atoms with E-state index >= 15 is 0 Å². The summed E-state index contributed by atoms with van der Waals surface area (Å²) < 4.78 is 38.7. The Bertz CT molecular complexity index is 771. The predicted molar refractivity (Wildman–Crippen MR) is 101 cm³/mol. The van der Waals surface area contributed by atoms with Crippen molar-refractivity contribution in [3.63, 3.8) is 0 Å². The van der Waals surface area contributed by atoms with E-state index in [1.54, 1.807) is 6.07 Å². The van der Waals surface area contributed by atoms with Crippen LogP contribution in [0.3, 0.4) is 0 Å². The van der Waals surface area contributed by atoms with E-state index in [0.29, 0.717) is 5.56 Å². The SMILES string of the molecule is O=C(NC1CCN(C2CC2)CC1)[C@H]1CC(=O)N(Cc2cccc(C(F)(F)F)c2)C1. The molecule has 158 valence electrons. The Kier molecular flexibility index (Phi) is 5.55. The van der Waals surface area contributed by atoms with Crippen molar-refractivity contribution in [2.24, 2.45) is 5.92 Å². The molecule has 4 rings (SSSR count). The van der Waals surface area contributed by atoms with Gasteiger partial charge in [0.05, 0.1) is 11.5 Å². The first-order valence-electron chi connectivity index (χ1n) is 10.3. The second kappa shape index (κ2) is 7.97. The normalized spacial score (nSPS) is 24.2. The average Bonchev–Trinajstić information content (AvgIpc) is 3.46. The average molecular weight is 409 g/mol. The van der Waals surface area contributed by atoms with Crippen molar-refractivity contribution in [3.8, 4) is 0 Å². The maximum Gasteiger partial charge on any atom is 0.416 e. The number of hydrogen-bond donors (Lipinski definition) is 1. The van der Waals surface area contributed by atoms with Crippen molar-refractivity contribution in [2.75, 3.05) is 19.6 Å². The zero-order valence-corrected chi connectivity index (χ0v) is 16.3. The van der Waals surface area contributed by atoms with Crippen molar-refractivity contribution in [3.05, 3.63) is 35.4 Å². The van der Waals surface area contributed by atoms with Gasteiger partial charge in [-0.3, -0.25) is 9.59 Å². The van der Waals surface area contributed by atoms with Crippen molar-refractivity contribution in [2.45, 2.75) is 56.9 Å². The lowest BCUT2D eigenvalue weighted by atomic mass is 10.0. The highest BCUT2D eigenvalue weighted by Crippen LogP contribution is 2.31. The lowest BCUT2D eigenvalue weighted by Gasteiger charge is -2.32. The molecule has 1 atom stereocenters. The zero-order valence-electron chi connectivity index (χ0n) is 16.3. The largest absolute Gasteiger partial charge is 0.416 e. The van der Waals surface area contributed by atoms with Gasteiger partial charge in [0.2, 0.25) is 11.8 Å². The molecule has 2 saturated heterocycles. The molecular formula is C21H26F3N3O2. The summed E-state index contributed by atoms with van der Waals surface area (Å²) in [6, 6.07) is 5.88. The van der Waals surface area contributed by atoms with Gasteiger partial charge < -0.3 is 15.1 Å². The molecule has 1 N–H and O–H groups in total. The van der Waals surface area contributed by atoms with Crippen LogP contribution in [0.25, 0.3) is 0 Å². The molecule has 29 heavy (non-hydrogen) atoms. The minimum atomic E-state index is -4.41. The summed E-state index contributed by atoms with van der Waals surface area (Å²) in [4.78, 5) is 28.9. The number of piperidine rings is 1. The first-order valence-corrected chi connectivity index (χ1v) is 10.3. The molecule has 1 aromatic carbocycles. The molecule has 0 unspecified atom stereocenters. The Hall–Kier alpha value is -2.09. The van der Waals surface area contributed by atoms with E-state index in [1.807, 2.05) is 0 Å². The first kappa shape index (κ1) is 20.2. The molecule has 0 spiro atoms. The quantitative estimate of drug-likeness (QED) is 0.814. The molecule has 0 radical (unpaired) electrons. The van der Waals surface area contributed by atoms with Crippen LogP contribution >= 0.6 is 0 Å². The van der Waals surface area contributed by atoms with Crippen LogP contribution in [-0.2, 0) is 22.3 Å². The van der Waals surface area contributed by atoms with Crippen molar-refractivity contribution < 1.29 is 22.8 Å². The predicted octanol–water partition coefficient (Wildman–Crippen LogP) is 2.80. The molecule has 0 aromatic heterocycles. The van der Waals surface area contributed by atoms with Gasteiger partial charge in [-0.1, -0.05) is 12.1 Å². The standard InChI is InChI=1S/C21H26F3N3O2/c22-21(23,24)16-3-1-2-14(10-16)12-27-13-15(11-19(27)28)20(29)25-17-6-8-26(9-7-17)18-4-5-18/h1-3,10,15,17-18H,4-9,11-13H2,(H,25,29)/t15-/m0/s1. The Morgan fingerprint density at radius 2 is 1.86 bits per heavy atom. The summed E-state index contributed by atoms with van der Waals surface area (Å²) in [5, 5.41) is 3.08. The maximum atomic E-state index is 12.9. The smallest absolute Gasteiger partial charge is 0.353 e. The molecular weight excluding hydrogens is 383 g/mol. The number of alkyl halides is 3. The van der Waals surface area contributed by atoms with Crippen molar-refractivity contribution in [1.82, 2.24) is 15.1 Å². The molecule has 1 aromatic rings. The number of amides is 2. The molecule has 2 aliphatic heterocycles. The van der Waals surface area contributed by atoms with Gasteiger partial charge in [-0.05, 0) is 43.4 Å². The van der Waals surface area contributed by atoms with Crippen LogP contribution in [0.2, 0.25) is 0 Å². The minimum absolute atomic E-state index is 0.0896. The summed E-state index contributed by atoms with van der Waals surface area (Å²) >= 11 is 0. The van der Waals surface area contributed by atoms with Gasteiger partial charge >= 0.3 is 6.18 Å². The van der Waals surface area contributed by atoms with Gasteiger partial charge in [0.25, 0.3) is 0 Å². The summed E-state index contributed by atoms with van der Waals surface area (Å²) in [6.07, 6.45) is 0.119. The first-order chi connectivity index (χ1) is 13.8. The van der Waals surface area contributed by atoms with E-state index in [0.717, 1.165) is 44.1 Å². The molecule has 5 nitrogen and oxygen atoms in total. The molecule has 1 saturated carbocycles. The topological polar surface area (TPSA) is 52.7 Å². The molecule has 3 aliphatic rings. The lowest BCUT2D eigenvalue weighted by Crippen LogP contribution is -2.47. The number of likely N-dealkylation sites (tertiary alicyclic amines) is 2. The van der Waals surface area contributed by atoms with Gasteiger partial charge in [-0.15, -0.1) is 0 Å². The highest BCUT2D eigenvalue weighted by Gasteiger charge is 2.37. The van der Waals surface area contributed by atoms with E-state index in [1.165, 1.54) is 23.8 Å². The van der Waals surface area contributed by atoms with Crippen LogP contribution in [0, 0.1) is 5.92 Å².